The summed E-state index contributed by atoms with van der Waals surface area (Å²) in [5, 5.41) is 4.00. The number of allylic oxidation sites excluding steroid dienone is 1. The van der Waals surface area contributed by atoms with Crippen molar-refractivity contribution in [1.29, 1.82) is 0 Å². The van der Waals surface area contributed by atoms with Gasteiger partial charge >= 0.3 is 0 Å². The van der Waals surface area contributed by atoms with E-state index >= 15 is 0 Å². The van der Waals surface area contributed by atoms with Crippen LogP contribution in [0.5, 0.6) is 0 Å². The first-order valence-electron chi connectivity index (χ1n) is 6.54. The van der Waals surface area contributed by atoms with E-state index in [1.165, 1.54) is 0 Å². The zero-order valence-electron chi connectivity index (χ0n) is 11.6. The van der Waals surface area contributed by atoms with Gasteiger partial charge in [-0.2, -0.15) is 0 Å². The van der Waals surface area contributed by atoms with Gasteiger partial charge in [0.1, 0.15) is 5.01 Å². The predicted octanol–water partition coefficient (Wildman–Crippen LogP) is 2.10. The van der Waals surface area contributed by atoms with Crippen molar-refractivity contribution in [3.8, 4) is 0 Å². The summed E-state index contributed by atoms with van der Waals surface area (Å²) in [6, 6.07) is 0.104. The molecule has 0 saturated carbocycles. The molecule has 1 aromatic rings. The number of nitrogens with zero attached hydrogens (tertiary/aromatic N) is 1. The maximum Gasteiger partial charge on any atom is 0.221 e. The van der Waals surface area contributed by atoms with Crippen LogP contribution in [0, 0.1) is 12.8 Å². The second-order valence-electron chi connectivity index (χ2n) is 5.70. The Bertz CT molecular complexity index is 493. The minimum atomic E-state index is -0.416. The Morgan fingerprint density at radius 2 is 2.32 bits per heavy atom. The zero-order chi connectivity index (χ0) is 14.0. The molecular formula is C14H21N3OS. The Labute approximate surface area is 118 Å². The molecule has 1 aliphatic rings. The Kier molecular flexibility index (Phi) is 4.06. The van der Waals surface area contributed by atoms with E-state index in [2.05, 4.69) is 10.3 Å². The number of hydrogen-bond donors (Lipinski definition) is 2. The maximum absolute atomic E-state index is 12.1. The minimum Gasteiger partial charge on any atom is -0.345 e. The highest BCUT2D eigenvalue weighted by Crippen LogP contribution is 2.26. The van der Waals surface area contributed by atoms with Crippen molar-refractivity contribution in [3.63, 3.8) is 0 Å². The van der Waals surface area contributed by atoms with Crippen LogP contribution < -0.4 is 11.1 Å². The second-order valence-corrected chi connectivity index (χ2v) is 6.93. The molecule has 2 rings (SSSR count). The first-order chi connectivity index (χ1) is 8.87. The SMILES string of the molecule is Cc1cnc(C(C)(C)NC(=O)C[C@H]2C=C[C@@H](N)C2)s1. The quantitative estimate of drug-likeness (QED) is 0.829. The van der Waals surface area contributed by atoms with E-state index in [-0.39, 0.29) is 17.9 Å². The first kappa shape index (κ1) is 14.2. The molecule has 0 aromatic carbocycles. The van der Waals surface area contributed by atoms with Crippen LogP contribution in [-0.2, 0) is 10.3 Å². The fourth-order valence-electron chi connectivity index (χ4n) is 2.29. The van der Waals surface area contributed by atoms with Gasteiger partial charge < -0.3 is 11.1 Å². The fraction of sp³-hybridized carbons (Fsp3) is 0.571. The normalized spacial score (nSPS) is 22.7. The number of aromatic nitrogens is 1. The summed E-state index contributed by atoms with van der Waals surface area (Å²) in [6.45, 7) is 5.99. The molecule has 1 aliphatic carbocycles. The fourth-order valence-corrected chi connectivity index (χ4v) is 3.11. The van der Waals surface area contributed by atoms with Crippen LogP contribution in [0.25, 0.3) is 0 Å². The molecule has 1 heterocycles. The maximum atomic E-state index is 12.1. The first-order valence-corrected chi connectivity index (χ1v) is 7.36. The molecule has 0 fully saturated rings. The lowest BCUT2D eigenvalue weighted by Crippen LogP contribution is -2.41. The van der Waals surface area contributed by atoms with Crippen molar-refractivity contribution < 1.29 is 4.79 Å². The summed E-state index contributed by atoms with van der Waals surface area (Å²) in [5.41, 5.74) is 5.38. The van der Waals surface area contributed by atoms with Gasteiger partial charge in [-0.25, -0.2) is 4.98 Å². The Morgan fingerprint density at radius 3 is 2.84 bits per heavy atom. The average molecular weight is 279 g/mol. The van der Waals surface area contributed by atoms with E-state index in [9.17, 15) is 4.79 Å². The number of carbonyl (C=O) groups is 1. The molecular weight excluding hydrogens is 258 g/mol. The van der Waals surface area contributed by atoms with Crippen molar-refractivity contribution in [1.82, 2.24) is 10.3 Å². The monoisotopic (exact) mass is 279 g/mol. The molecule has 5 heteroatoms. The van der Waals surface area contributed by atoms with Crippen LogP contribution >= 0.6 is 11.3 Å². The van der Waals surface area contributed by atoms with Gasteiger partial charge in [0.2, 0.25) is 5.91 Å². The highest BCUT2D eigenvalue weighted by molar-refractivity contribution is 7.11. The Hall–Kier alpha value is -1.20. The Balaban J connectivity index is 1.92. The van der Waals surface area contributed by atoms with Gasteiger partial charge in [-0.15, -0.1) is 11.3 Å². The van der Waals surface area contributed by atoms with E-state index in [1.54, 1.807) is 11.3 Å². The summed E-state index contributed by atoms with van der Waals surface area (Å²) in [6.07, 6.45) is 7.23. The smallest absolute Gasteiger partial charge is 0.221 e. The number of nitrogens with one attached hydrogen (secondary N) is 1. The Morgan fingerprint density at radius 1 is 1.58 bits per heavy atom. The average Bonchev–Trinajstić information content (AvgIpc) is 2.87. The lowest BCUT2D eigenvalue weighted by atomic mass is 10.0. The van der Waals surface area contributed by atoms with Crippen molar-refractivity contribution in [3.05, 3.63) is 28.2 Å². The van der Waals surface area contributed by atoms with Gasteiger partial charge in [0.15, 0.2) is 0 Å². The molecule has 104 valence electrons. The van der Waals surface area contributed by atoms with Crippen molar-refractivity contribution in [2.75, 3.05) is 0 Å². The molecule has 4 nitrogen and oxygen atoms in total. The third-order valence-corrected chi connectivity index (χ3v) is 4.50. The minimum absolute atomic E-state index is 0.0570. The van der Waals surface area contributed by atoms with Gasteiger partial charge in [-0.3, -0.25) is 4.79 Å². The zero-order valence-corrected chi connectivity index (χ0v) is 12.5. The molecule has 1 aromatic heterocycles. The lowest BCUT2D eigenvalue weighted by molar-refractivity contribution is -0.123. The summed E-state index contributed by atoms with van der Waals surface area (Å²) in [7, 11) is 0. The highest BCUT2D eigenvalue weighted by atomic mass is 32.1. The summed E-state index contributed by atoms with van der Waals surface area (Å²) in [4.78, 5) is 17.6. The number of rotatable bonds is 4. The lowest BCUT2D eigenvalue weighted by Gasteiger charge is -2.24. The van der Waals surface area contributed by atoms with E-state index in [0.29, 0.717) is 6.42 Å². The molecule has 3 N–H and O–H groups in total. The number of aryl methyl sites for hydroxylation is 1. The van der Waals surface area contributed by atoms with Crippen molar-refractivity contribution >= 4 is 17.2 Å². The molecule has 19 heavy (non-hydrogen) atoms. The summed E-state index contributed by atoms with van der Waals surface area (Å²) in [5.74, 6) is 0.324. The van der Waals surface area contributed by atoms with E-state index in [1.807, 2.05) is 39.1 Å². The molecule has 0 radical (unpaired) electrons. The van der Waals surface area contributed by atoms with Crippen LogP contribution in [0.4, 0.5) is 0 Å². The second kappa shape index (κ2) is 5.43. The van der Waals surface area contributed by atoms with E-state index in [4.69, 9.17) is 5.73 Å². The number of amides is 1. The van der Waals surface area contributed by atoms with Gasteiger partial charge in [0.25, 0.3) is 0 Å². The number of hydrogen-bond acceptors (Lipinski definition) is 4. The van der Waals surface area contributed by atoms with Crippen LogP contribution in [0.1, 0.15) is 36.6 Å². The van der Waals surface area contributed by atoms with Gasteiger partial charge in [-0.1, -0.05) is 12.2 Å². The van der Waals surface area contributed by atoms with Gasteiger partial charge in [0.05, 0.1) is 5.54 Å². The van der Waals surface area contributed by atoms with Crippen LogP contribution in [0.2, 0.25) is 0 Å². The standard InChI is InChI=1S/C14H21N3OS/c1-9-8-16-13(19-9)14(2,3)17-12(18)7-10-4-5-11(15)6-10/h4-5,8,10-11H,6-7,15H2,1-3H3,(H,17,18)/t10-,11+/m0/s1. The molecule has 0 aliphatic heterocycles. The number of carbonyl (C=O) groups excluding carboxylic acids is 1. The van der Waals surface area contributed by atoms with E-state index < -0.39 is 5.54 Å². The number of thiazole rings is 1. The molecule has 2 atom stereocenters. The largest absolute Gasteiger partial charge is 0.345 e. The highest BCUT2D eigenvalue weighted by Gasteiger charge is 2.27. The molecule has 0 saturated heterocycles. The van der Waals surface area contributed by atoms with Gasteiger partial charge in [0, 0.05) is 23.5 Å². The molecule has 0 spiro atoms. The van der Waals surface area contributed by atoms with Crippen LogP contribution in [0.15, 0.2) is 18.3 Å². The third-order valence-electron chi connectivity index (χ3n) is 3.26. The van der Waals surface area contributed by atoms with Gasteiger partial charge in [-0.05, 0) is 33.1 Å². The third kappa shape index (κ3) is 3.64. The van der Waals surface area contributed by atoms with E-state index in [0.717, 1.165) is 16.3 Å². The molecule has 0 unspecified atom stereocenters. The van der Waals surface area contributed by atoms with Crippen LogP contribution in [0.3, 0.4) is 0 Å². The van der Waals surface area contributed by atoms with Crippen molar-refractivity contribution in [2.45, 2.75) is 45.2 Å². The summed E-state index contributed by atoms with van der Waals surface area (Å²) >= 11 is 1.62. The van der Waals surface area contributed by atoms with Crippen LogP contribution in [-0.4, -0.2) is 16.9 Å². The summed E-state index contributed by atoms with van der Waals surface area (Å²) < 4.78 is 0. The van der Waals surface area contributed by atoms with Crippen molar-refractivity contribution in [2.24, 2.45) is 11.7 Å². The molecule has 0 bridgehead atoms. The predicted molar refractivity (Wildman–Crippen MR) is 77.9 cm³/mol. The molecule has 1 amide bonds. The topological polar surface area (TPSA) is 68.0 Å². The number of nitrogens with two attached hydrogens (primary N) is 1.